The zero-order chi connectivity index (χ0) is 26.2. The summed E-state index contributed by atoms with van der Waals surface area (Å²) in [7, 11) is 0. The molecule has 12 nitrogen and oxygen atoms in total. The average Bonchev–Trinajstić information content (AvgIpc) is 3.28. The van der Waals surface area contributed by atoms with Crippen molar-refractivity contribution >= 4 is 40.1 Å². The van der Waals surface area contributed by atoms with Crippen molar-refractivity contribution in [1.82, 2.24) is 21.1 Å². The highest BCUT2D eigenvalue weighted by Crippen LogP contribution is 2.23. The Morgan fingerprint density at radius 2 is 1.75 bits per heavy atom. The lowest BCUT2D eigenvalue weighted by Crippen LogP contribution is -2.56. The Balaban J connectivity index is 1.75. The van der Waals surface area contributed by atoms with E-state index in [0.29, 0.717) is 12.1 Å². The number of nitro benzene ring substituents is 1. The molecule has 0 spiro atoms. The van der Waals surface area contributed by atoms with Gasteiger partial charge in [-0.15, -0.1) is 0 Å². The van der Waals surface area contributed by atoms with Crippen LogP contribution in [0.1, 0.15) is 26.0 Å². The van der Waals surface area contributed by atoms with Crippen LogP contribution in [0.5, 0.6) is 0 Å². The number of amides is 4. The lowest BCUT2D eigenvalue weighted by molar-refractivity contribution is -0.383. The Labute approximate surface area is 206 Å². The van der Waals surface area contributed by atoms with Gasteiger partial charge in [0.1, 0.15) is 17.8 Å². The monoisotopic (exact) mass is 496 g/mol. The molecule has 12 heteroatoms. The molecule has 0 radical (unpaired) electrons. The molecular formula is C24H28N6O6. The number of aromatic amines is 1. The van der Waals surface area contributed by atoms with E-state index in [1.54, 1.807) is 12.4 Å². The zero-order valence-electron chi connectivity index (χ0n) is 19.8. The first-order valence-electron chi connectivity index (χ1n) is 11.3. The topological polar surface area (TPSA) is 178 Å². The number of hydrogen-bond donors (Lipinski definition) is 6. The van der Waals surface area contributed by atoms with Crippen molar-refractivity contribution in [3.8, 4) is 0 Å². The van der Waals surface area contributed by atoms with Gasteiger partial charge in [-0.05, 0) is 29.5 Å². The van der Waals surface area contributed by atoms with Gasteiger partial charge in [0.05, 0.1) is 4.92 Å². The molecule has 0 bridgehead atoms. The second kappa shape index (κ2) is 11.8. The minimum Gasteiger partial charge on any atom is -0.358 e. The Kier molecular flexibility index (Phi) is 8.57. The molecule has 3 aromatic rings. The highest BCUT2D eigenvalue weighted by atomic mass is 16.6. The van der Waals surface area contributed by atoms with Gasteiger partial charge in [0.15, 0.2) is 0 Å². The number of nitro groups is 1. The molecule has 3 rings (SSSR count). The van der Waals surface area contributed by atoms with Gasteiger partial charge in [-0.2, -0.15) is 0 Å². The predicted molar refractivity (Wildman–Crippen MR) is 132 cm³/mol. The highest BCUT2D eigenvalue weighted by Gasteiger charge is 2.30. The van der Waals surface area contributed by atoms with Crippen molar-refractivity contribution in [1.29, 1.82) is 0 Å². The summed E-state index contributed by atoms with van der Waals surface area (Å²) in [6.45, 7) is 3.57. The van der Waals surface area contributed by atoms with Gasteiger partial charge >= 0.3 is 6.03 Å². The fourth-order valence-corrected chi connectivity index (χ4v) is 3.75. The molecule has 2 aromatic carbocycles. The number of hydroxylamine groups is 1. The lowest BCUT2D eigenvalue weighted by Gasteiger charge is -2.26. The molecule has 0 aliphatic carbocycles. The van der Waals surface area contributed by atoms with Crippen molar-refractivity contribution in [3.05, 3.63) is 70.4 Å². The van der Waals surface area contributed by atoms with Crippen LogP contribution in [0.2, 0.25) is 0 Å². The van der Waals surface area contributed by atoms with Crippen LogP contribution in [0.4, 0.5) is 16.2 Å². The lowest BCUT2D eigenvalue weighted by atomic mass is 9.97. The number of fused-ring (bicyclic) bond motifs is 1. The van der Waals surface area contributed by atoms with E-state index in [-0.39, 0.29) is 23.7 Å². The summed E-state index contributed by atoms with van der Waals surface area (Å²) in [5.41, 5.74) is 2.76. The van der Waals surface area contributed by atoms with E-state index >= 15 is 0 Å². The number of rotatable bonds is 10. The van der Waals surface area contributed by atoms with Gasteiger partial charge in [0.2, 0.25) is 5.91 Å². The van der Waals surface area contributed by atoms with Crippen LogP contribution in [0.25, 0.3) is 10.9 Å². The van der Waals surface area contributed by atoms with E-state index < -0.39 is 34.9 Å². The van der Waals surface area contributed by atoms with Crippen molar-refractivity contribution in [3.63, 3.8) is 0 Å². The smallest absolute Gasteiger partial charge is 0.320 e. The number of aromatic nitrogens is 1. The molecule has 6 N–H and O–H groups in total. The Bertz CT molecular complexity index is 1230. The quantitative estimate of drug-likeness (QED) is 0.143. The van der Waals surface area contributed by atoms with Gasteiger partial charge in [0.25, 0.3) is 11.6 Å². The Morgan fingerprint density at radius 3 is 2.42 bits per heavy atom. The predicted octanol–water partition coefficient (Wildman–Crippen LogP) is 2.85. The van der Waals surface area contributed by atoms with Gasteiger partial charge in [-0.1, -0.05) is 50.6 Å². The molecule has 0 aliphatic rings. The molecule has 1 aromatic heterocycles. The fourth-order valence-electron chi connectivity index (χ4n) is 3.75. The molecule has 0 fully saturated rings. The minimum absolute atomic E-state index is 0.0281. The van der Waals surface area contributed by atoms with Crippen LogP contribution >= 0.6 is 0 Å². The second-order valence-electron chi connectivity index (χ2n) is 8.36. The van der Waals surface area contributed by atoms with Crippen molar-refractivity contribution in [2.24, 2.45) is 5.92 Å². The number of nitrogens with one attached hydrogen (secondary N) is 5. The van der Waals surface area contributed by atoms with Crippen LogP contribution in [-0.2, 0) is 16.0 Å². The number of urea groups is 1. The standard InChI is InChI=1S/C24H28N6O6/c1-3-14(2)21(28-24(33)27-18-10-6-7-11-20(18)30(35)36)23(32)26-19(22(31)29-34)13-16-12-15-8-4-5-9-17(15)25-16/h4-12,14,19,21,25,34H,3,13H2,1-2H3,(H,26,32)(H,29,31)(H2,27,28,33)/t14-,19+,21+/m0/s1. The number of H-pyrrole nitrogens is 1. The molecule has 0 aliphatic heterocycles. The zero-order valence-corrected chi connectivity index (χ0v) is 19.8. The number of anilines is 1. The molecule has 190 valence electrons. The number of hydrogen-bond acceptors (Lipinski definition) is 6. The first-order valence-corrected chi connectivity index (χ1v) is 11.3. The van der Waals surface area contributed by atoms with Crippen LogP contribution in [-0.4, -0.2) is 45.0 Å². The third-order valence-corrected chi connectivity index (χ3v) is 5.88. The maximum atomic E-state index is 13.2. The molecule has 36 heavy (non-hydrogen) atoms. The molecule has 0 saturated carbocycles. The normalized spacial score (nSPS) is 13.3. The summed E-state index contributed by atoms with van der Waals surface area (Å²) < 4.78 is 0. The summed E-state index contributed by atoms with van der Waals surface area (Å²) in [5, 5.41) is 28.9. The summed E-state index contributed by atoms with van der Waals surface area (Å²) in [5.74, 6) is -1.81. The van der Waals surface area contributed by atoms with E-state index in [1.807, 2.05) is 37.3 Å². The minimum atomic E-state index is -1.14. The van der Waals surface area contributed by atoms with Crippen LogP contribution in [0, 0.1) is 16.0 Å². The van der Waals surface area contributed by atoms with Crippen LogP contribution in [0.3, 0.4) is 0 Å². The number of carbonyl (C=O) groups is 3. The van der Waals surface area contributed by atoms with Gasteiger partial charge in [-0.25, -0.2) is 10.3 Å². The third-order valence-electron chi connectivity index (χ3n) is 5.88. The van der Waals surface area contributed by atoms with E-state index in [9.17, 15) is 29.7 Å². The third kappa shape index (κ3) is 6.36. The molecule has 4 amide bonds. The number of nitrogens with zero attached hydrogens (tertiary/aromatic N) is 1. The summed E-state index contributed by atoms with van der Waals surface area (Å²) in [4.78, 5) is 51.9. The number of benzene rings is 2. The molecule has 0 unspecified atom stereocenters. The summed E-state index contributed by atoms with van der Waals surface area (Å²) >= 11 is 0. The van der Waals surface area contributed by atoms with Crippen LogP contribution < -0.4 is 21.4 Å². The van der Waals surface area contributed by atoms with E-state index in [1.165, 1.54) is 24.3 Å². The first kappa shape index (κ1) is 26.2. The summed E-state index contributed by atoms with van der Waals surface area (Å²) in [6.07, 6.45) is 0.575. The Hall–Kier alpha value is -4.45. The van der Waals surface area contributed by atoms with E-state index in [2.05, 4.69) is 20.9 Å². The average molecular weight is 497 g/mol. The van der Waals surface area contributed by atoms with E-state index in [0.717, 1.165) is 10.9 Å². The Morgan fingerprint density at radius 1 is 1.06 bits per heavy atom. The summed E-state index contributed by atoms with van der Waals surface area (Å²) in [6, 6.07) is 11.9. The fraction of sp³-hybridized carbons (Fsp3) is 0.292. The maximum Gasteiger partial charge on any atom is 0.320 e. The highest BCUT2D eigenvalue weighted by molar-refractivity contribution is 5.96. The molecule has 3 atom stereocenters. The van der Waals surface area contributed by atoms with E-state index in [4.69, 9.17) is 0 Å². The molecule has 0 saturated heterocycles. The number of para-hydroxylation sites is 3. The van der Waals surface area contributed by atoms with Gasteiger partial charge < -0.3 is 20.9 Å². The first-order chi connectivity index (χ1) is 17.2. The largest absolute Gasteiger partial charge is 0.358 e. The second-order valence-corrected chi connectivity index (χ2v) is 8.36. The van der Waals surface area contributed by atoms with Crippen molar-refractivity contribution in [2.75, 3.05) is 5.32 Å². The number of carbonyl (C=O) groups excluding carboxylic acids is 3. The maximum absolute atomic E-state index is 13.2. The van der Waals surface area contributed by atoms with Crippen LogP contribution in [0.15, 0.2) is 54.6 Å². The van der Waals surface area contributed by atoms with Crippen molar-refractivity contribution in [2.45, 2.75) is 38.8 Å². The van der Waals surface area contributed by atoms with Gasteiger partial charge in [-0.3, -0.25) is 24.9 Å². The molecular weight excluding hydrogens is 468 g/mol. The van der Waals surface area contributed by atoms with Crippen molar-refractivity contribution < 1.29 is 24.5 Å². The van der Waals surface area contributed by atoms with Gasteiger partial charge in [0, 0.05) is 23.7 Å². The molecule has 1 heterocycles. The SMILES string of the molecule is CC[C@H](C)[C@@H](NC(=O)Nc1ccccc1[N+](=O)[O-])C(=O)N[C@H](Cc1cc2ccccc2[nH]1)C(=O)NO.